The molecule has 0 saturated heterocycles. The van der Waals surface area contributed by atoms with Crippen LogP contribution in [0.2, 0.25) is 0 Å². The summed E-state index contributed by atoms with van der Waals surface area (Å²) in [7, 11) is 0. The van der Waals surface area contributed by atoms with Gasteiger partial charge in [-0.05, 0) is 38.0 Å². The van der Waals surface area contributed by atoms with Crippen molar-refractivity contribution in [2.45, 2.75) is 39.3 Å². The molecule has 1 rings (SSSR count). The van der Waals surface area contributed by atoms with E-state index < -0.39 is 6.10 Å². The van der Waals surface area contributed by atoms with E-state index in [1.165, 1.54) is 0 Å². The summed E-state index contributed by atoms with van der Waals surface area (Å²) in [6, 6.07) is 7.52. The second-order valence-electron chi connectivity index (χ2n) is 4.10. The van der Waals surface area contributed by atoms with Crippen LogP contribution in [-0.2, 0) is 9.53 Å². The van der Waals surface area contributed by atoms with Gasteiger partial charge < -0.3 is 15.2 Å². The monoisotopic (exact) mass is 251 g/mol. The summed E-state index contributed by atoms with van der Waals surface area (Å²) in [6.45, 7) is 5.84. The van der Waals surface area contributed by atoms with Crippen molar-refractivity contribution in [1.29, 1.82) is 0 Å². The number of ether oxygens (including phenoxy) is 2. The SMILES string of the molecule is CCOC(=O)C(C)Oc1ccc([C@H](N)CC)cc1. The number of hydrogen-bond donors (Lipinski definition) is 1. The zero-order valence-corrected chi connectivity index (χ0v) is 11.2. The van der Waals surface area contributed by atoms with Crippen LogP contribution in [0, 0.1) is 0 Å². The summed E-state index contributed by atoms with van der Waals surface area (Å²) < 4.78 is 10.4. The minimum atomic E-state index is -0.601. The second kappa shape index (κ2) is 7.01. The number of carbonyl (C=O) groups excluding carboxylic acids is 1. The molecule has 0 spiro atoms. The molecule has 100 valence electrons. The van der Waals surface area contributed by atoms with Crippen molar-refractivity contribution in [3.8, 4) is 5.75 Å². The Morgan fingerprint density at radius 1 is 1.28 bits per heavy atom. The zero-order chi connectivity index (χ0) is 13.5. The molecule has 0 bridgehead atoms. The third kappa shape index (κ3) is 4.04. The van der Waals surface area contributed by atoms with E-state index in [4.69, 9.17) is 15.2 Å². The predicted molar refractivity (Wildman–Crippen MR) is 70.4 cm³/mol. The van der Waals surface area contributed by atoms with Gasteiger partial charge in [-0.25, -0.2) is 4.79 Å². The van der Waals surface area contributed by atoms with Gasteiger partial charge in [-0.2, -0.15) is 0 Å². The molecule has 1 aromatic rings. The number of hydrogen-bond acceptors (Lipinski definition) is 4. The van der Waals surface area contributed by atoms with Gasteiger partial charge in [0.25, 0.3) is 0 Å². The van der Waals surface area contributed by atoms with E-state index in [1.807, 2.05) is 31.2 Å². The fourth-order valence-electron chi connectivity index (χ4n) is 1.54. The highest BCUT2D eigenvalue weighted by Crippen LogP contribution is 2.19. The maximum absolute atomic E-state index is 11.4. The average molecular weight is 251 g/mol. The van der Waals surface area contributed by atoms with Crippen LogP contribution >= 0.6 is 0 Å². The van der Waals surface area contributed by atoms with Gasteiger partial charge in [-0.1, -0.05) is 19.1 Å². The summed E-state index contributed by atoms with van der Waals surface area (Å²) in [6.07, 6.45) is 0.287. The first-order valence-corrected chi connectivity index (χ1v) is 6.27. The maximum atomic E-state index is 11.4. The largest absolute Gasteiger partial charge is 0.479 e. The van der Waals surface area contributed by atoms with Crippen LogP contribution in [0.5, 0.6) is 5.75 Å². The van der Waals surface area contributed by atoms with Gasteiger partial charge in [0.15, 0.2) is 6.10 Å². The molecule has 0 aromatic heterocycles. The maximum Gasteiger partial charge on any atom is 0.347 e. The van der Waals surface area contributed by atoms with Crippen LogP contribution in [0.25, 0.3) is 0 Å². The minimum absolute atomic E-state index is 0.0431. The molecule has 0 amide bonds. The molecule has 0 aliphatic heterocycles. The first-order valence-electron chi connectivity index (χ1n) is 6.27. The van der Waals surface area contributed by atoms with E-state index >= 15 is 0 Å². The Kier molecular flexibility index (Phi) is 5.65. The third-order valence-corrected chi connectivity index (χ3v) is 2.68. The van der Waals surface area contributed by atoms with E-state index in [9.17, 15) is 4.79 Å². The Bertz CT molecular complexity index is 375. The van der Waals surface area contributed by atoms with Crippen LogP contribution < -0.4 is 10.5 Å². The van der Waals surface area contributed by atoms with Crippen LogP contribution in [0.15, 0.2) is 24.3 Å². The van der Waals surface area contributed by atoms with Crippen molar-refractivity contribution >= 4 is 5.97 Å². The zero-order valence-electron chi connectivity index (χ0n) is 11.2. The van der Waals surface area contributed by atoms with Crippen LogP contribution in [0.3, 0.4) is 0 Å². The average Bonchev–Trinajstić information content (AvgIpc) is 2.39. The summed E-state index contributed by atoms with van der Waals surface area (Å²) in [5.41, 5.74) is 6.98. The van der Waals surface area contributed by atoms with Gasteiger partial charge in [0.05, 0.1) is 6.61 Å². The molecular formula is C14H21NO3. The minimum Gasteiger partial charge on any atom is -0.479 e. The lowest BCUT2D eigenvalue weighted by molar-refractivity contribution is -0.150. The molecule has 0 heterocycles. The van der Waals surface area contributed by atoms with Gasteiger partial charge in [0, 0.05) is 6.04 Å². The van der Waals surface area contributed by atoms with Crippen molar-refractivity contribution in [2.75, 3.05) is 6.61 Å². The third-order valence-electron chi connectivity index (χ3n) is 2.68. The summed E-state index contributed by atoms with van der Waals surface area (Å²) >= 11 is 0. The molecule has 0 saturated carbocycles. The Morgan fingerprint density at radius 3 is 2.39 bits per heavy atom. The van der Waals surface area contributed by atoms with Crippen molar-refractivity contribution in [2.24, 2.45) is 5.73 Å². The van der Waals surface area contributed by atoms with Crippen LogP contribution in [-0.4, -0.2) is 18.7 Å². The number of nitrogens with two attached hydrogens (primary N) is 1. The van der Waals surface area contributed by atoms with Crippen molar-refractivity contribution in [3.63, 3.8) is 0 Å². The number of esters is 1. The fraction of sp³-hybridized carbons (Fsp3) is 0.500. The molecule has 4 heteroatoms. The molecule has 1 aromatic carbocycles. The summed E-state index contributed by atoms with van der Waals surface area (Å²) in [4.78, 5) is 11.4. The fourth-order valence-corrected chi connectivity index (χ4v) is 1.54. The van der Waals surface area contributed by atoms with E-state index in [1.54, 1.807) is 13.8 Å². The molecule has 0 aliphatic rings. The van der Waals surface area contributed by atoms with Crippen LogP contribution in [0.1, 0.15) is 38.8 Å². The molecule has 0 aliphatic carbocycles. The highest BCUT2D eigenvalue weighted by atomic mass is 16.6. The first kappa shape index (κ1) is 14.5. The smallest absolute Gasteiger partial charge is 0.347 e. The van der Waals surface area contributed by atoms with Crippen molar-refractivity contribution in [3.05, 3.63) is 29.8 Å². The van der Waals surface area contributed by atoms with Gasteiger partial charge in [-0.15, -0.1) is 0 Å². The van der Waals surface area contributed by atoms with E-state index in [2.05, 4.69) is 0 Å². The Hall–Kier alpha value is -1.55. The van der Waals surface area contributed by atoms with Gasteiger partial charge in [0.2, 0.25) is 0 Å². The van der Waals surface area contributed by atoms with E-state index in [-0.39, 0.29) is 12.0 Å². The standard InChI is InChI=1S/C14H21NO3/c1-4-13(15)11-6-8-12(9-7-11)18-10(3)14(16)17-5-2/h6-10,13H,4-5,15H2,1-3H3/t10?,13-/m1/s1. The van der Waals surface area contributed by atoms with Gasteiger partial charge >= 0.3 is 5.97 Å². The second-order valence-corrected chi connectivity index (χ2v) is 4.10. The van der Waals surface area contributed by atoms with Gasteiger partial charge in [-0.3, -0.25) is 0 Å². The summed E-state index contributed by atoms with van der Waals surface area (Å²) in [5, 5.41) is 0. The highest BCUT2D eigenvalue weighted by molar-refractivity contribution is 5.74. The van der Waals surface area contributed by atoms with E-state index in [0.717, 1.165) is 12.0 Å². The van der Waals surface area contributed by atoms with Crippen molar-refractivity contribution in [1.82, 2.24) is 0 Å². The molecule has 2 N–H and O–H groups in total. The molecule has 2 atom stereocenters. The number of rotatable bonds is 6. The highest BCUT2D eigenvalue weighted by Gasteiger charge is 2.15. The molecular weight excluding hydrogens is 230 g/mol. The Morgan fingerprint density at radius 2 is 1.89 bits per heavy atom. The van der Waals surface area contributed by atoms with Crippen LogP contribution in [0.4, 0.5) is 0 Å². The first-order chi connectivity index (χ1) is 8.58. The van der Waals surface area contributed by atoms with Crippen molar-refractivity contribution < 1.29 is 14.3 Å². The number of carbonyl (C=O) groups is 1. The Labute approximate surface area is 108 Å². The topological polar surface area (TPSA) is 61.5 Å². The molecule has 0 fully saturated rings. The Balaban J connectivity index is 2.60. The number of benzene rings is 1. The molecule has 0 radical (unpaired) electrons. The molecule has 18 heavy (non-hydrogen) atoms. The molecule has 4 nitrogen and oxygen atoms in total. The quantitative estimate of drug-likeness (QED) is 0.789. The predicted octanol–water partition coefficient (Wildman–Crippen LogP) is 2.43. The summed E-state index contributed by atoms with van der Waals surface area (Å²) in [5.74, 6) is 0.287. The molecule has 1 unspecified atom stereocenters. The lowest BCUT2D eigenvalue weighted by Crippen LogP contribution is -2.26. The normalized spacial score (nSPS) is 13.8. The lowest BCUT2D eigenvalue weighted by atomic mass is 10.1. The van der Waals surface area contributed by atoms with E-state index in [0.29, 0.717) is 12.4 Å². The van der Waals surface area contributed by atoms with Gasteiger partial charge in [0.1, 0.15) is 5.75 Å². The lowest BCUT2D eigenvalue weighted by Gasteiger charge is -2.14.